The number of aldehydes is 1. The Morgan fingerprint density at radius 2 is 2.21 bits per heavy atom. The van der Waals surface area contributed by atoms with Crippen molar-refractivity contribution in [2.24, 2.45) is 0 Å². The zero-order valence-corrected chi connectivity index (χ0v) is 8.67. The fourth-order valence-electron chi connectivity index (χ4n) is 1.54. The molecule has 0 N–H and O–H groups in total. The number of pyridine rings is 1. The van der Waals surface area contributed by atoms with Crippen LogP contribution in [-0.2, 0) is 0 Å². The van der Waals surface area contributed by atoms with Crippen LogP contribution in [0.4, 0.5) is 0 Å². The lowest BCUT2D eigenvalue weighted by molar-refractivity contribution is 0.111. The number of hydrogen-bond acceptors (Lipinski definition) is 2. The molecule has 0 unspecified atom stereocenters. The topological polar surface area (TPSA) is 34.4 Å². The van der Waals surface area contributed by atoms with Crippen molar-refractivity contribution in [2.75, 3.05) is 0 Å². The van der Waals surface area contributed by atoms with Gasteiger partial charge in [0.2, 0.25) is 0 Å². The largest absolute Gasteiger partial charge is 0.296 e. The third-order valence-corrected chi connectivity index (χ3v) is 2.41. The van der Waals surface area contributed by atoms with Gasteiger partial charge in [-0.15, -0.1) is 0 Å². The van der Waals surface area contributed by atoms with Gasteiger partial charge >= 0.3 is 0 Å². The van der Waals surface area contributed by atoms with Gasteiger partial charge in [0, 0.05) is 6.20 Å². The highest BCUT2D eigenvalue weighted by atomic mass is 35.5. The molecule has 0 saturated carbocycles. The molecule has 14 heavy (non-hydrogen) atoms. The van der Waals surface area contributed by atoms with Crippen molar-refractivity contribution in [1.29, 1.82) is 0 Å². The first kappa shape index (κ1) is 9.21. The highest BCUT2D eigenvalue weighted by Gasteiger charge is 2.09. The maximum atomic E-state index is 10.8. The van der Waals surface area contributed by atoms with E-state index in [9.17, 15) is 4.79 Å². The van der Waals surface area contributed by atoms with Gasteiger partial charge in [-0.05, 0) is 25.5 Å². The predicted molar refractivity (Wildman–Crippen MR) is 55.1 cm³/mol. The molecule has 3 nitrogen and oxygen atoms in total. The molecule has 2 heterocycles. The van der Waals surface area contributed by atoms with Gasteiger partial charge in [-0.1, -0.05) is 11.6 Å². The number of aromatic nitrogens is 2. The second kappa shape index (κ2) is 3.10. The van der Waals surface area contributed by atoms with Crippen LogP contribution >= 0.6 is 11.6 Å². The molecule has 0 amide bonds. The normalized spacial score (nSPS) is 10.8. The molecule has 2 aromatic heterocycles. The summed E-state index contributed by atoms with van der Waals surface area (Å²) in [4.78, 5) is 15.1. The summed E-state index contributed by atoms with van der Waals surface area (Å²) in [5, 5.41) is 0.607. The van der Waals surface area contributed by atoms with Crippen molar-refractivity contribution in [3.8, 4) is 0 Å². The molecule has 2 rings (SSSR count). The molecule has 4 heteroatoms. The molecule has 0 saturated heterocycles. The lowest BCUT2D eigenvalue weighted by Crippen LogP contribution is -1.93. The lowest BCUT2D eigenvalue weighted by Gasteiger charge is -1.99. The van der Waals surface area contributed by atoms with Crippen LogP contribution in [0.15, 0.2) is 12.3 Å². The van der Waals surface area contributed by atoms with Crippen LogP contribution in [0.25, 0.3) is 5.65 Å². The molecule has 0 aromatic carbocycles. The first-order valence-electron chi connectivity index (χ1n) is 4.23. The number of fused-ring (bicyclic) bond motifs is 1. The van der Waals surface area contributed by atoms with Crippen LogP contribution < -0.4 is 0 Å². The van der Waals surface area contributed by atoms with E-state index in [2.05, 4.69) is 4.98 Å². The minimum Gasteiger partial charge on any atom is -0.296 e. The molecule has 0 atom stereocenters. The number of rotatable bonds is 1. The van der Waals surface area contributed by atoms with E-state index >= 15 is 0 Å². The molecule has 72 valence electrons. The number of carbonyl (C=O) groups excluding carboxylic acids is 1. The van der Waals surface area contributed by atoms with Crippen molar-refractivity contribution in [1.82, 2.24) is 9.38 Å². The van der Waals surface area contributed by atoms with E-state index < -0.39 is 0 Å². The van der Waals surface area contributed by atoms with E-state index in [4.69, 9.17) is 11.6 Å². The third-order valence-electron chi connectivity index (χ3n) is 2.20. The number of nitrogens with zero attached hydrogens (tertiary/aromatic N) is 2. The Kier molecular flexibility index (Phi) is 2.04. The molecule has 0 radical (unpaired) electrons. The number of aryl methyl sites for hydroxylation is 2. The molecular weight excluding hydrogens is 200 g/mol. The second-order valence-corrected chi connectivity index (χ2v) is 3.67. The van der Waals surface area contributed by atoms with Crippen molar-refractivity contribution >= 4 is 23.5 Å². The zero-order valence-electron chi connectivity index (χ0n) is 7.91. The van der Waals surface area contributed by atoms with E-state index in [0.29, 0.717) is 10.7 Å². The molecule has 0 spiro atoms. The standard InChI is InChI=1S/C10H9ClN2O/c1-6-3-8(11)4-13-9(5-14)7(2)12-10(6)13/h3-5H,1-2H3. The fourth-order valence-corrected chi connectivity index (χ4v) is 1.80. The summed E-state index contributed by atoms with van der Waals surface area (Å²) in [5.41, 5.74) is 3.04. The maximum absolute atomic E-state index is 10.8. The molecule has 0 bridgehead atoms. The van der Waals surface area contributed by atoms with Crippen molar-refractivity contribution < 1.29 is 4.79 Å². The maximum Gasteiger partial charge on any atom is 0.168 e. The average molecular weight is 209 g/mol. The zero-order chi connectivity index (χ0) is 10.3. The van der Waals surface area contributed by atoms with Crippen LogP contribution in [0.5, 0.6) is 0 Å². The van der Waals surface area contributed by atoms with Gasteiger partial charge in [0.1, 0.15) is 11.3 Å². The average Bonchev–Trinajstić information content (AvgIpc) is 2.41. The Hall–Kier alpha value is -1.35. The van der Waals surface area contributed by atoms with E-state index in [-0.39, 0.29) is 0 Å². The SMILES string of the molecule is Cc1nc2c(C)cc(Cl)cn2c1C=O. The third kappa shape index (κ3) is 1.21. The van der Waals surface area contributed by atoms with Crippen molar-refractivity contribution in [3.05, 3.63) is 34.2 Å². The molecule has 0 fully saturated rings. The van der Waals surface area contributed by atoms with Gasteiger partial charge in [0.15, 0.2) is 6.29 Å². The van der Waals surface area contributed by atoms with E-state index in [1.807, 2.05) is 19.9 Å². The monoisotopic (exact) mass is 208 g/mol. The minimum absolute atomic E-state index is 0.561. The van der Waals surface area contributed by atoms with Gasteiger partial charge in [0.25, 0.3) is 0 Å². The molecule has 0 aliphatic heterocycles. The quantitative estimate of drug-likeness (QED) is 0.675. The summed E-state index contributed by atoms with van der Waals surface area (Å²) in [6.07, 6.45) is 2.50. The minimum atomic E-state index is 0.561. The lowest BCUT2D eigenvalue weighted by atomic mass is 10.3. The van der Waals surface area contributed by atoms with Gasteiger partial charge in [-0.2, -0.15) is 0 Å². The second-order valence-electron chi connectivity index (χ2n) is 3.24. The van der Waals surface area contributed by atoms with Gasteiger partial charge in [-0.25, -0.2) is 4.98 Å². The number of halogens is 1. The number of hydrogen-bond donors (Lipinski definition) is 0. The number of imidazole rings is 1. The Morgan fingerprint density at radius 3 is 2.86 bits per heavy atom. The summed E-state index contributed by atoms with van der Waals surface area (Å²) in [5.74, 6) is 0. The van der Waals surface area contributed by atoms with Crippen LogP contribution in [-0.4, -0.2) is 15.7 Å². The Bertz CT molecular complexity index is 516. The van der Waals surface area contributed by atoms with Gasteiger partial charge in [-0.3, -0.25) is 9.20 Å². The molecule has 0 aliphatic rings. The first-order chi connectivity index (χ1) is 6.63. The Balaban J connectivity index is 2.94. The summed E-state index contributed by atoms with van der Waals surface area (Å²) < 4.78 is 1.72. The number of carbonyl (C=O) groups is 1. The fraction of sp³-hybridized carbons (Fsp3) is 0.200. The first-order valence-corrected chi connectivity index (χ1v) is 4.61. The van der Waals surface area contributed by atoms with Gasteiger partial charge < -0.3 is 0 Å². The summed E-state index contributed by atoms with van der Waals surface area (Å²) in [7, 11) is 0. The smallest absolute Gasteiger partial charge is 0.168 e. The van der Waals surface area contributed by atoms with Crippen LogP contribution in [0.1, 0.15) is 21.7 Å². The summed E-state index contributed by atoms with van der Waals surface area (Å²) in [6.45, 7) is 3.73. The van der Waals surface area contributed by atoms with Gasteiger partial charge in [0.05, 0.1) is 10.7 Å². The highest BCUT2D eigenvalue weighted by Crippen LogP contribution is 2.18. The highest BCUT2D eigenvalue weighted by molar-refractivity contribution is 6.30. The van der Waals surface area contributed by atoms with E-state index in [1.165, 1.54) is 0 Å². The van der Waals surface area contributed by atoms with Crippen LogP contribution in [0.3, 0.4) is 0 Å². The van der Waals surface area contributed by atoms with Crippen molar-refractivity contribution in [3.63, 3.8) is 0 Å². The van der Waals surface area contributed by atoms with Crippen molar-refractivity contribution in [2.45, 2.75) is 13.8 Å². The summed E-state index contributed by atoms with van der Waals surface area (Å²) in [6, 6.07) is 1.83. The molecular formula is C10H9ClN2O. The molecule has 0 aliphatic carbocycles. The Morgan fingerprint density at radius 1 is 1.50 bits per heavy atom. The van der Waals surface area contributed by atoms with E-state index in [1.54, 1.807) is 10.6 Å². The molecule has 2 aromatic rings. The Labute approximate surface area is 86.3 Å². The summed E-state index contributed by atoms with van der Waals surface area (Å²) >= 11 is 5.90. The van der Waals surface area contributed by atoms with E-state index in [0.717, 1.165) is 23.2 Å². The predicted octanol–water partition coefficient (Wildman–Crippen LogP) is 2.42. The van der Waals surface area contributed by atoms with Crippen LogP contribution in [0.2, 0.25) is 5.02 Å². The van der Waals surface area contributed by atoms with Crippen LogP contribution in [0, 0.1) is 13.8 Å².